The number of carbonyl (C=O) groups is 2. The van der Waals surface area contributed by atoms with Crippen molar-refractivity contribution < 1.29 is 9.59 Å². The summed E-state index contributed by atoms with van der Waals surface area (Å²) < 4.78 is 0. The van der Waals surface area contributed by atoms with Gasteiger partial charge >= 0.3 is 0 Å². The Balaban J connectivity index is 2.18. The van der Waals surface area contributed by atoms with Gasteiger partial charge in [-0.1, -0.05) is 28.1 Å². The summed E-state index contributed by atoms with van der Waals surface area (Å²) >= 11 is 5.09. The van der Waals surface area contributed by atoms with Gasteiger partial charge in [0, 0.05) is 24.6 Å². The number of rotatable bonds is 3. The molecule has 1 aliphatic heterocycles. The molecule has 1 aliphatic rings. The lowest BCUT2D eigenvalue weighted by atomic mass is 10.1. The third-order valence-corrected chi connectivity index (χ3v) is 4.43. The Morgan fingerprint density at radius 2 is 1.95 bits per heavy atom. The van der Waals surface area contributed by atoms with Crippen LogP contribution in [-0.2, 0) is 4.79 Å². The molecular formula is C14H17BrN2O2S. The second kappa shape index (κ2) is 7.13. The third kappa shape index (κ3) is 3.76. The maximum Gasteiger partial charge on any atom is 0.256 e. The van der Waals surface area contributed by atoms with Crippen LogP contribution in [0.25, 0.3) is 0 Å². The number of hydrogen-bond acceptors (Lipinski definition) is 3. The monoisotopic (exact) mass is 356 g/mol. The fourth-order valence-electron chi connectivity index (χ4n) is 1.95. The Labute approximate surface area is 131 Å². The van der Waals surface area contributed by atoms with Crippen LogP contribution in [0.2, 0.25) is 0 Å². The predicted molar refractivity (Wildman–Crippen MR) is 86.7 cm³/mol. The van der Waals surface area contributed by atoms with Crippen LogP contribution in [0, 0.1) is 0 Å². The number of amides is 2. The minimum atomic E-state index is -0.294. The highest BCUT2D eigenvalue weighted by atomic mass is 79.9. The van der Waals surface area contributed by atoms with Crippen molar-refractivity contribution in [3.63, 3.8) is 0 Å². The van der Waals surface area contributed by atoms with Gasteiger partial charge in [0.1, 0.15) is 0 Å². The summed E-state index contributed by atoms with van der Waals surface area (Å²) in [6, 6.07) is 7.16. The fraction of sp³-hybridized carbons (Fsp3) is 0.429. The number of nitrogens with zero attached hydrogens (tertiary/aromatic N) is 1. The van der Waals surface area contributed by atoms with Gasteiger partial charge in [-0.05, 0) is 19.1 Å². The molecule has 0 saturated carbocycles. The van der Waals surface area contributed by atoms with Crippen LogP contribution in [0.15, 0.2) is 24.3 Å². The van der Waals surface area contributed by atoms with Gasteiger partial charge in [0.05, 0.1) is 16.1 Å². The standard InChI is InChI=1S/C14H17BrN2O2S/c1-10(15)13(18)16-12-5-3-2-4-11(12)14(19)17-6-8-20-9-7-17/h2-5,10H,6-9H2,1H3,(H,16,18). The van der Waals surface area contributed by atoms with E-state index in [-0.39, 0.29) is 16.6 Å². The van der Waals surface area contributed by atoms with Crippen molar-refractivity contribution in [2.75, 3.05) is 29.9 Å². The average molecular weight is 357 g/mol. The minimum absolute atomic E-state index is 0.0107. The van der Waals surface area contributed by atoms with Crippen LogP contribution in [0.3, 0.4) is 0 Å². The van der Waals surface area contributed by atoms with Crippen molar-refractivity contribution in [1.82, 2.24) is 4.90 Å². The van der Waals surface area contributed by atoms with Crippen LogP contribution in [0.5, 0.6) is 0 Å². The first kappa shape index (κ1) is 15.4. The Hall–Kier alpha value is -1.01. The van der Waals surface area contributed by atoms with E-state index < -0.39 is 0 Å². The Morgan fingerprint density at radius 3 is 2.60 bits per heavy atom. The zero-order chi connectivity index (χ0) is 14.5. The zero-order valence-corrected chi connectivity index (χ0v) is 13.7. The van der Waals surface area contributed by atoms with E-state index in [4.69, 9.17) is 0 Å². The molecule has 1 aromatic rings. The molecule has 6 heteroatoms. The van der Waals surface area contributed by atoms with Gasteiger partial charge in [-0.2, -0.15) is 11.8 Å². The molecule has 0 spiro atoms. The second-order valence-corrected chi connectivity index (χ2v) is 7.15. The second-order valence-electron chi connectivity index (χ2n) is 4.56. The molecule has 1 heterocycles. The van der Waals surface area contributed by atoms with E-state index in [1.165, 1.54) is 0 Å². The SMILES string of the molecule is CC(Br)C(=O)Nc1ccccc1C(=O)N1CCSCC1. The molecule has 1 saturated heterocycles. The largest absolute Gasteiger partial charge is 0.337 e. The predicted octanol–water partition coefficient (Wildman–Crippen LogP) is 2.60. The molecule has 1 N–H and O–H groups in total. The normalized spacial score (nSPS) is 16.6. The van der Waals surface area contributed by atoms with Crippen LogP contribution in [-0.4, -0.2) is 46.1 Å². The molecule has 2 amide bonds. The van der Waals surface area contributed by atoms with Gasteiger partial charge in [0.25, 0.3) is 5.91 Å². The molecule has 0 radical (unpaired) electrons. The summed E-state index contributed by atoms with van der Waals surface area (Å²) in [6.45, 7) is 3.28. The molecule has 1 fully saturated rings. The first-order valence-corrected chi connectivity index (χ1v) is 8.57. The summed E-state index contributed by atoms with van der Waals surface area (Å²) in [7, 11) is 0. The molecule has 1 unspecified atom stereocenters. The number of alkyl halides is 1. The number of benzene rings is 1. The zero-order valence-electron chi connectivity index (χ0n) is 11.3. The Bertz CT molecular complexity index is 502. The number of anilines is 1. The average Bonchev–Trinajstić information content (AvgIpc) is 2.48. The lowest BCUT2D eigenvalue weighted by Crippen LogP contribution is -2.38. The Kier molecular flexibility index (Phi) is 5.48. The lowest BCUT2D eigenvalue weighted by Gasteiger charge is -2.27. The summed E-state index contributed by atoms with van der Waals surface area (Å²) in [6.07, 6.45) is 0. The first-order valence-electron chi connectivity index (χ1n) is 6.50. The van der Waals surface area contributed by atoms with Crippen molar-refractivity contribution in [1.29, 1.82) is 0 Å². The smallest absolute Gasteiger partial charge is 0.256 e. The maximum atomic E-state index is 12.5. The van der Waals surface area contributed by atoms with E-state index >= 15 is 0 Å². The lowest BCUT2D eigenvalue weighted by molar-refractivity contribution is -0.115. The van der Waals surface area contributed by atoms with E-state index in [0.29, 0.717) is 11.3 Å². The molecule has 2 rings (SSSR count). The van der Waals surface area contributed by atoms with Gasteiger partial charge in [-0.25, -0.2) is 0 Å². The highest BCUT2D eigenvalue weighted by molar-refractivity contribution is 9.10. The van der Waals surface area contributed by atoms with Crippen molar-refractivity contribution in [2.24, 2.45) is 0 Å². The summed E-state index contributed by atoms with van der Waals surface area (Å²) in [5.41, 5.74) is 1.13. The highest BCUT2D eigenvalue weighted by Gasteiger charge is 2.21. The third-order valence-electron chi connectivity index (χ3n) is 3.07. The van der Waals surface area contributed by atoms with E-state index in [2.05, 4.69) is 21.2 Å². The van der Waals surface area contributed by atoms with Gasteiger partial charge in [-0.3, -0.25) is 9.59 Å². The molecule has 0 aromatic heterocycles. The fourth-order valence-corrected chi connectivity index (χ4v) is 2.97. The van der Waals surface area contributed by atoms with E-state index in [1.54, 1.807) is 19.1 Å². The van der Waals surface area contributed by atoms with Crippen molar-refractivity contribution in [3.8, 4) is 0 Å². The van der Waals surface area contributed by atoms with E-state index in [9.17, 15) is 9.59 Å². The van der Waals surface area contributed by atoms with Crippen LogP contribution in [0.1, 0.15) is 17.3 Å². The van der Waals surface area contributed by atoms with Gasteiger partial charge < -0.3 is 10.2 Å². The van der Waals surface area contributed by atoms with E-state index in [1.807, 2.05) is 28.8 Å². The van der Waals surface area contributed by atoms with Gasteiger partial charge in [0.15, 0.2) is 0 Å². The molecule has 0 bridgehead atoms. The molecule has 1 atom stereocenters. The molecule has 20 heavy (non-hydrogen) atoms. The Morgan fingerprint density at radius 1 is 1.30 bits per heavy atom. The van der Waals surface area contributed by atoms with Crippen molar-refractivity contribution in [2.45, 2.75) is 11.8 Å². The molecular weight excluding hydrogens is 340 g/mol. The first-order chi connectivity index (χ1) is 9.59. The van der Waals surface area contributed by atoms with Gasteiger partial charge in [-0.15, -0.1) is 0 Å². The maximum absolute atomic E-state index is 12.5. The van der Waals surface area contributed by atoms with Gasteiger partial charge in [0.2, 0.25) is 5.91 Å². The number of para-hydroxylation sites is 1. The van der Waals surface area contributed by atoms with Crippen LogP contribution < -0.4 is 5.32 Å². The van der Waals surface area contributed by atoms with Crippen molar-refractivity contribution >= 4 is 45.2 Å². The van der Waals surface area contributed by atoms with E-state index in [0.717, 1.165) is 24.6 Å². The quantitative estimate of drug-likeness (QED) is 0.846. The highest BCUT2D eigenvalue weighted by Crippen LogP contribution is 2.20. The number of carbonyl (C=O) groups excluding carboxylic acids is 2. The van der Waals surface area contributed by atoms with Crippen LogP contribution in [0.4, 0.5) is 5.69 Å². The molecule has 1 aromatic carbocycles. The number of nitrogens with one attached hydrogen (secondary N) is 1. The topological polar surface area (TPSA) is 49.4 Å². The molecule has 0 aliphatic carbocycles. The molecule has 108 valence electrons. The number of hydrogen-bond donors (Lipinski definition) is 1. The van der Waals surface area contributed by atoms with Crippen LogP contribution >= 0.6 is 27.7 Å². The summed E-state index contributed by atoms with van der Waals surface area (Å²) in [5, 5.41) is 2.79. The molecule has 4 nitrogen and oxygen atoms in total. The summed E-state index contributed by atoms with van der Waals surface area (Å²) in [5.74, 6) is 1.78. The number of halogens is 1. The van der Waals surface area contributed by atoms with Crippen molar-refractivity contribution in [3.05, 3.63) is 29.8 Å². The summed E-state index contributed by atoms with van der Waals surface area (Å²) in [4.78, 5) is 25.9. The number of thioether (sulfide) groups is 1. The minimum Gasteiger partial charge on any atom is -0.337 e.